The first-order chi connectivity index (χ1) is 9.72. The molecule has 1 heterocycles. The molecular weight excluding hydrogens is 250 g/mol. The zero-order valence-corrected chi connectivity index (χ0v) is 11.4. The van der Waals surface area contributed by atoms with E-state index < -0.39 is 0 Å². The molecule has 0 spiro atoms. The summed E-state index contributed by atoms with van der Waals surface area (Å²) in [5, 5.41) is 2.27. The molecule has 102 valence electrons. The molecule has 0 saturated carbocycles. The third-order valence-electron chi connectivity index (χ3n) is 3.64. The standard InChI is InChI=1S/C16H17N3O/c1-2-10-19-14(15(17)18-16(19)20)13-9-5-7-11-6-3-4-8-12(11)13/h3-9,14H,2,10H2,1H3,(H2,17,18,20). The van der Waals surface area contributed by atoms with Crippen molar-refractivity contribution in [2.75, 3.05) is 6.54 Å². The molecule has 0 aromatic heterocycles. The van der Waals surface area contributed by atoms with Gasteiger partial charge in [0.15, 0.2) is 0 Å². The van der Waals surface area contributed by atoms with Gasteiger partial charge >= 0.3 is 6.03 Å². The molecule has 0 bridgehead atoms. The van der Waals surface area contributed by atoms with Gasteiger partial charge in [-0.2, -0.15) is 4.99 Å². The van der Waals surface area contributed by atoms with Crippen LogP contribution >= 0.6 is 0 Å². The third-order valence-corrected chi connectivity index (χ3v) is 3.64. The summed E-state index contributed by atoms with van der Waals surface area (Å²) in [6.07, 6.45) is 0.885. The fraction of sp³-hybridized carbons (Fsp3) is 0.250. The van der Waals surface area contributed by atoms with Gasteiger partial charge in [0.2, 0.25) is 0 Å². The molecule has 4 nitrogen and oxygen atoms in total. The van der Waals surface area contributed by atoms with Crippen LogP contribution in [-0.2, 0) is 0 Å². The SMILES string of the molecule is CCCN1C(=O)N=C(N)C1c1cccc2ccccc12. The molecule has 4 heteroatoms. The number of nitrogens with zero attached hydrogens (tertiary/aromatic N) is 2. The van der Waals surface area contributed by atoms with E-state index in [0.717, 1.165) is 22.8 Å². The Kier molecular flexibility index (Phi) is 3.14. The van der Waals surface area contributed by atoms with Gasteiger partial charge in [-0.25, -0.2) is 4.79 Å². The van der Waals surface area contributed by atoms with E-state index in [1.54, 1.807) is 4.90 Å². The van der Waals surface area contributed by atoms with Crippen molar-refractivity contribution in [2.45, 2.75) is 19.4 Å². The number of carbonyl (C=O) groups excluding carboxylic acids is 1. The van der Waals surface area contributed by atoms with E-state index >= 15 is 0 Å². The molecule has 0 fully saturated rings. The predicted molar refractivity (Wildman–Crippen MR) is 80.7 cm³/mol. The molecule has 0 saturated heterocycles. The van der Waals surface area contributed by atoms with Gasteiger partial charge in [-0.1, -0.05) is 49.4 Å². The van der Waals surface area contributed by atoms with Gasteiger partial charge in [0.05, 0.1) is 0 Å². The highest BCUT2D eigenvalue weighted by Gasteiger charge is 2.34. The summed E-state index contributed by atoms with van der Waals surface area (Å²) in [7, 11) is 0. The maximum absolute atomic E-state index is 12.0. The molecule has 2 aromatic rings. The lowest BCUT2D eigenvalue weighted by molar-refractivity contribution is 0.207. The number of aliphatic imine (C=N–C) groups is 1. The first-order valence-corrected chi connectivity index (χ1v) is 6.84. The third kappa shape index (κ3) is 1.93. The molecule has 3 rings (SSSR count). The van der Waals surface area contributed by atoms with Crippen LogP contribution in [0.2, 0.25) is 0 Å². The van der Waals surface area contributed by atoms with Gasteiger partial charge in [-0.15, -0.1) is 0 Å². The summed E-state index contributed by atoms with van der Waals surface area (Å²) in [4.78, 5) is 17.6. The van der Waals surface area contributed by atoms with E-state index in [-0.39, 0.29) is 12.1 Å². The van der Waals surface area contributed by atoms with Gasteiger partial charge in [0.25, 0.3) is 0 Å². The summed E-state index contributed by atoms with van der Waals surface area (Å²) in [6, 6.07) is 13.7. The fourth-order valence-corrected chi connectivity index (χ4v) is 2.79. The Morgan fingerprint density at radius 1 is 1.20 bits per heavy atom. The van der Waals surface area contributed by atoms with Crippen molar-refractivity contribution in [3.8, 4) is 0 Å². The number of hydrogen-bond acceptors (Lipinski definition) is 2. The summed E-state index contributed by atoms with van der Waals surface area (Å²) in [5.41, 5.74) is 7.05. The summed E-state index contributed by atoms with van der Waals surface area (Å²) in [5.74, 6) is 0.389. The van der Waals surface area contributed by atoms with Gasteiger partial charge in [-0.3, -0.25) is 0 Å². The number of fused-ring (bicyclic) bond motifs is 1. The van der Waals surface area contributed by atoms with Crippen molar-refractivity contribution in [3.63, 3.8) is 0 Å². The molecule has 2 amide bonds. The van der Waals surface area contributed by atoms with Crippen LogP contribution in [0, 0.1) is 0 Å². The molecule has 0 radical (unpaired) electrons. The van der Waals surface area contributed by atoms with Crippen LogP contribution in [0.1, 0.15) is 24.9 Å². The van der Waals surface area contributed by atoms with E-state index in [9.17, 15) is 4.79 Å². The second-order valence-corrected chi connectivity index (χ2v) is 4.98. The normalized spacial score (nSPS) is 18.6. The molecule has 2 N–H and O–H groups in total. The molecule has 1 unspecified atom stereocenters. The van der Waals surface area contributed by atoms with Crippen molar-refractivity contribution >= 4 is 22.6 Å². The Labute approximate surface area is 117 Å². The Balaban J connectivity index is 2.14. The van der Waals surface area contributed by atoms with Crippen LogP contribution in [0.3, 0.4) is 0 Å². The van der Waals surface area contributed by atoms with Crippen LogP contribution in [0.4, 0.5) is 4.79 Å². The second-order valence-electron chi connectivity index (χ2n) is 4.98. The lowest BCUT2D eigenvalue weighted by Gasteiger charge is -2.25. The first kappa shape index (κ1) is 12.7. The quantitative estimate of drug-likeness (QED) is 0.929. The van der Waals surface area contributed by atoms with Crippen LogP contribution in [-0.4, -0.2) is 23.3 Å². The molecule has 2 aromatic carbocycles. The Morgan fingerprint density at radius 2 is 1.95 bits per heavy atom. The monoisotopic (exact) mass is 267 g/mol. The lowest BCUT2D eigenvalue weighted by Crippen LogP contribution is -2.34. The number of nitrogens with two attached hydrogens (primary N) is 1. The van der Waals surface area contributed by atoms with E-state index in [1.807, 2.05) is 31.2 Å². The molecular formula is C16H17N3O. The fourth-order valence-electron chi connectivity index (χ4n) is 2.79. The van der Waals surface area contributed by atoms with Gasteiger partial charge in [0, 0.05) is 6.54 Å². The molecule has 0 aliphatic carbocycles. The molecule has 1 aliphatic heterocycles. The number of carbonyl (C=O) groups is 1. The maximum atomic E-state index is 12.0. The van der Waals surface area contributed by atoms with Crippen molar-refractivity contribution in [3.05, 3.63) is 48.0 Å². The molecule has 1 aliphatic rings. The molecule has 20 heavy (non-hydrogen) atoms. The zero-order valence-electron chi connectivity index (χ0n) is 11.4. The minimum Gasteiger partial charge on any atom is -0.385 e. The lowest BCUT2D eigenvalue weighted by atomic mass is 9.97. The number of benzene rings is 2. The average Bonchev–Trinajstić information content (AvgIpc) is 2.73. The minimum absolute atomic E-state index is 0.234. The van der Waals surface area contributed by atoms with Crippen molar-refractivity contribution < 1.29 is 4.79 Å². The van der Waals surface area contributed by atoms with Crippen molar-refractivity contribution in [2.24, 2.45) is 10.7 Å². The number of amides is 2. The highest BCUT2D eigenvalue weighted by atomic mass is 16.2. The molecule has 1 atom stereocenters. The van der Waals surface area contributed by atoms with Crippen LogP contribution in [0.5, 0.6) is 0 Å². The summed E-state index contributed by atoms with van der Waals surface area (Å²) < 4.78 is 0. The number of urea groups is 1. The Hall–Kier alpha value is -2.36. The second kappa shape index (κ2) is 4.96. The maximum Gasteiger partial charge on any atom is 0.346 e. The summed E-state index contributed by atoms with van der Waals surface area (Å²) >= 11 is 0. The van der Waals surface area contributed by atoms with Crippen LogP contribution in [0.15, 0.2) is 47.5 Å². The van der Waals surface area contributed by atoms with Crippen molar-refractivity contribution in [1.29, 1.82) is 0 Å². The summed E-state index contributed by atoms with van der Waals surface area (Å²) in [6.45, 7) is 2.71. The van der Waals surface area contributed by atoms with E-state index in [4.69, 9.17) is 5.73 Å². The average molecular weight is 267 g/mol. The topological polar surface area (TPSA) is 58.7 Å². The Bertz CT molecular complexity index is 688. The smallest absolute Gasteiger partial charge is 0.346 e. The number of rotatable bonds is 3. The van der Waals surface area contributed by atoms with Gasteiger partial charge in [0.1, 0.15) is 11.9 Å². The van der Waals surface area contributed by atoms with E-state index in [2.05, 4.69) is 23.2 Å². The van der Waals surface area contributed by atoms with E-state index in [1.165, 1.54) is 0 Å². The van der Waals surface area contributed by atoms with Crippen LogP contribution in [0.25, 0.3) is 10.8 Å². The van der Waals surface area contributed by atoms with E-state index in [0.29, 0.717) is 12.4 Å². The number of hydrogen-bond donors (Lipinski definition) is 1. The number of amidine groups is 1. The highest BCUT2D eigenvalue weighted by Crippen LogP contribution is 2.32. The largest absolute Gasteiger partial charge is 0.385 e. The Morgan fingerprint density at radius 3 is 2.75 bits per heavy atom. The first-order valence-electron chi connectivity index (χ1n) is 6.84. The van der Waals surface area contributed by atoms with Crippen LogP contribution < -0.4 is 5.73 Å². The predicted octanol–water partition coefficient (Wildman–Crippen LogP) is 3.08. The van der Waals surface area contributed by atoms with Crippen molar-refractivity contribution in [1.82, 2.24) is 4.90 Å². The van der Waals surface area contributed by atoms with Gasteiger partial charge in [-0.05, 0) is 22.8 Å². The zero-order chi connectivity index (χ0) is 14.1. The van der Waals surface area contributed by atoms with Gasteiger partial charge < -0.3 is 10.6 Å². The minimum atomic E-state index is -0.242. The highest BCUT2D eigenvalue weighted by molar-refractivity contribution is 6.05.